The van der Waals surface area contributed by atoms with E-state index in [9.17, 15) is 14.4 Å². The molecule has 156 valence electrons. The second-order valence-electron chi connectivity index (χ2n) is 6.88. The van der Waals surface area contributed by atoms with Crippen molar-refractivity contribution in [3.63, 3.8) is 0 Å². The highest BCUT2D eigenvalue weighted by Gasteiger charge is 2.21. The van der Waals surface area contributed by atoms with Crippen LogP contribution < -0.4 is 10.6 Å². The minimum Gasteiger partial charge on any atom is -0.465 e. The number of fused-ring (bicyclic) bond motifs is 1. The molecule has 1 saturated heterocycles. The fourth-order valence-corrected chi connectivity index (χ4v) is 4.34. The average molecular weight is 428 g/mol. The number of carboxylic acid groups (broad SMARTS) is 1. The first kappa shape index (κ1) is 19.9. The van der Waals surface area contributed by atoms with Gasteiger partial charge in [-0.2, -0.15) is 0 Å². The summed E-state index contributed by atoms with van der Waals surface area (Å²) in [6.45, 7) is 2.28. The molecule has 30 heavy (non-hydrogen) atoms. The molecular weight excluding hydrogens is 408 g/mol. The van der Waals surface area contributed by atoms with Crippen molar-refractivity contribution in [3.8, 4) is 0 Å². The van der Waals surface area contributed by atoms with Gasteiger partial charge < -0.3 is 24.6 Å². The van der Waals surface area contributed by atoms with Crippen LogP contribution in [0.2, 0.25) is 0 Å². The van der Waals surface area contributed by atoms with Gasteiger partial charge in [-0.15, -0.1) is 11.3 Å². The summed E-state index contributed by atoms with van der Waals surface area (Å²) < 4.78 is 7.80. The van der Waals surface area contributed by atoms with Gasteiger partial charge in [-0.25, -0.2) is 4.79 Å². The first-order chi connectivity index (χ1) is 14.4. The van der Waals surface area contributed by atoms with E-state index in [4.69, 9.17) is 9.84 Å². The predicted octanol–water partition coefficient (Wildman–Crippen LogP) is 3.05. The minimum absolute atomic E-state index is 0.00708. The third-order valence-electron chi connectivity index (χ3n) is 4.77. The van der Waals surface area contributed by atoms with Crippen LogP contribution in [-0.2, 0) is 11.8 Å². The normalized spacial score (nSPS) is 14.0. The maximum atomic E-state index is 12.7. The number of aryl methyl sites for hydroxylation is 1. The zero-order valence-electron chi connectivity index (χ0n) is 16.2. The molecular formula is C20H20N4O5S. The minimum atomic E-state index is -1.20. The van der Waals surface area contributed by atoms with Gasteiger partial charge in [0.25, 0.3) is 11.8 Å². The van der Waals surface area contributed by atoms with Gasteiger partial charge in [0, 0.05) is 36.7 Å². The van der Waals surface area contributed by atoms with Gasteiger partial charge in [0.15, 0.2) is 0 Å². The lowest BCUT2D eigenvalue weighted by Crippen LogP contribution is -2.40. The van der Waals surface area contributed by atoms with Crippen LogP contribution in [0.25, 0.3) is 10.1 Å². The number of carbonyl (C=O) groups excluding carboxylic acids is 2. The lowest BCUT2D eigenvalue weighted by molar-refractivity contribution is 0.0306. The highest BCUT2D eigenvalue weighted by Crippen LogP contribution is 2.29. The molecule has 0 aliphatic carbocycles. The van der Waals surface area contributed by atoms with Crippen LogP contribution >= 0.6 is 11.3 Å². The largest absolute Gasteiger partial charge is 0.465 e. The standard InChI is InChI=1S/C20H20N4O5S/c1-23-11-14(22-20(27)28)10-15(23)18(25)21-13-2-3-16-12(8-13)9-17(30-16)19(26)24-4-6-29-7-5-24/h2-3,8-11,22H,4-7H2,1H3,(H,21,25)(H,27,28). The molecule has 0 bridgehead atoms. The van der Waals surface area contributed by atoms with Crippen LogP contribution in [0.3, 0.4) is 0 Å². The van der Waals surface area contributed by atoms with Crippen molar-refractivity contribution in [2.75, 3.05) is 36.9 Å². The molecule has 0 radical (unpaired) electrons. The molecule has 2 aromatic heterocycles. The molecule has 3 heterocycles. The van der Waals surface area contributed by atoms with Crippen LogP contribution in [0.15, 0.2) is 36.5 Å². The third kappa shape index (κ3) is 4.14. The van der Waals surface area contributed by atoms with E-state index in [0.717, 1.165) is 10.1 Å². The predicted molar refractivity (Wildman–Crippen MR) is 114 cm³/mol. The van der Waals surface area contributed by atoms with Crippen molar-refractivity contribution in [3.05, 3.63) is 47.1 Å². The molecule has 0 spiro atoms. The number of hydrogen-bond acceptors (Lipinski definition) is 5. The fourth-order valence-electron chi connectivity index (χ4n) is 3.33. The summed E-state index contributed by atoms with van der Waals surface area (Å²) in [5.41, 5.74) is 1.21. The van der Waals surface area contributed by atoms with E-state index in [-0.39, 0.29) is 11.8 Å². The Hall–Kier alpha value is -3.37. The summed E-state index contributed by atoms with van der Waals surface area (Å²) in [7, 11) is 1.66. The van der Waals surface area contributed by atoms with Crippen LogP contribution in [0, 0.1) is 0 Å². The molecule has 0 atom stereocenters. The smallest absolute Gasteiger partial charge is 0.409 e. The van der Waals surface area contributed by atoms with Gasteiger partial charge in [-0.05, 0) is 35.7 Å². The Morgan fingerprint density at radius 1 is 1.07 bits per heavy atom. The zero-order chi connectivity index (χ0) is 21.3. The number of morpholine rings is 1. The van der Waals surface area contributed by atoms with Gasteiger partial charge in [0.05, 0.1) is 23.8 Å². The summed E-state index contributed by atoms with van der Waals surface area (Å²) in [4.78, 5) is 38.5. The second kappa shape index (κ2) is 8.17. The quantitative estimate of drug-likeness (QED) is 0.591. The van der Waals surface area contributed by atoms with E-state index in [1.54, 1.807) is 22.6 Å². The fraction of sp³-hybridized carbons (Fsp3) is 0.250. The Balaban J connectivity index is 1.51. The molecule has 0 saturated carbocycles. The van der Waals surface area contributed by atoms with Crippen molar-refractivity contribution < 1.29 is 24.2 Å². The first-order valence-electron chi connectivity index (χ1n) is 9.29. The highest BCUT2D eigenvalue weighted by atomic mass is 32.1. The number of rotatable bonds is 4. The number of anilines is 2. The van der Waals surface area contributed by atoms with E-state index in [2.05, 4.69) is 10.6 Å². The highest BCUT2D eigenvalue weighted by molar-refractivity contribution is 7.20. The maximum Gasteiger partial charge on any atom is 0.409 e. The van der Waals surface area contributed by atoms with Crippen molar-refractivity contribution in [1.82, 2.24) is 9.47 Å². The van der Waals surface area contributed by atoms with Crippen LogP contribution in [0.5, 0.6) is 0 Å². The van der Waals surface area contributed by atoms with Crippen molar-refractivity contribution >= 4 is 50.7 Å². The molecule has 3 aromatic rings. The molecule has 10 heteroatoms. The van der Waals surface area contributed by atoms with Gasteiger partial charge in [-0.3, -0.25) is 14.9 Å². The molecule has 4 rings (SSSR count). The summed E-state index contributed by atoms with van der Waals surface area (Å²) in [6, 6.07) is 8.77. The number of ether oxygens (including phenoxy) is 1. The third-order valence-corrected chi connectivity index (χ3v) is 5.88. The summed E-state index contributed by atoms with van der Waals surface area (Å²) in [5.74, 6) is -0.373. The Kier molecular flexibility index (Phi) is 5.42. The van der Waals surface area contributed by atoms with E-state index in [1.165, 1.54) is 23.6 Å². The van der Waals surface area contributed by atoms with Crippen molar-refractivity contribution in [2.24, 2.45) is 7.05 Å². The second-order valence-corrected chi connectivity index (χ2v) is 7.96. The van der Waals surface area contributed by atoms with E-state index >= 15 is 0 Å². The molecule has 3 N–H and O–H groups in total. The zero-order valence-corrected chi connectivity index (χ0v) is 17.0. The molecule has 1 aliphatic heterocycles. The van der Waals surface area contributed by atoms with E-state index in [0.29, 0.717) is 48.2 Å². The molecule has 9 nitrogen and oxygen atoms in total. The lowest BCUT2D eigenvalue weighted by atomic mass is 10.2. The number of nitrogens with one attached hydrogen (secondary N) is 2. The summed E-state index contributed by atoms with van der Waals surface area (Å²) in [6.07, 6.45) is 0.326. The number of amides is 3. The molecule has 0 unspecified atom stereocenters. The first-order valence-corrected chi connectivity index (χ1v) is 10.1. The molecule has 3 amide bonds. The Morgan fingerprint density at radius 3 is 2.57 bits per heavy atom. The molecule has 1 aromatic carbocycles. The lowest BCUT2D eigenvalue weighted by Gasteiger charge is -2.26. The van der Waals surface area contributed by atoms with Crippen LogP contribution in [0.4, 0.5) is 16.2 Å². The SMILES string of the molecule is Cn1cc(NC(=O)O)cc1C(=O)Nc1ccc2sc(C(=O)N3CCOCC3)cc2c1. The van der Waals surface area contributed by atoms with Gasteiger partial charge in [0.2, 0.25) is 0 Å². The Bertz CT molecular complexity index is 1130. The number of aromatic nitrogens is 1. The number of benzene rings is 1. The topological polar surface area (TPSA) is 113 Å². The van der Waals surface area contributed by atoms with Gasteiger partial charge >= 0.3 is 6.09 Å². The number of nitrogens with zero attached hydrogens (tertiary/aromatic N) is 2. The Labute approximate surface area is 175 Å². The van der Waals surface area contributed by atoms with E-state index < -0.39 is 6.09 Å². The monoisotopic (exact) mass is 428 g/mol. The summed E-state index contributed by atoms with van der Waals surface area (Å²) in [5, 5.41) is 14.7. The maximum absolute atomic E-state index is 12.7. The summed E-state index contributed by atoms with van der Waals surface area (Å²) >= 11 is 1.42. The molecule has 1 aliphatic rings. The number of carbonyl (C=O) groups is 3. The van der Waals surface area contributed by atoms with Gasteiger partial charge in [0.1, 0.15) is 5.69 Å². The van der Waals surface area contributed by atoms with E-state index in [1.807, 2.05) is 18.2 Å². The number of thiophene rings is 1. The van der Waals surface area contributed by atoms with Crippen molar-refractivity contribution in [2.45, 2.75) is 0 Å². The molecule has 1 fully saturated rings. The van der Waals surface area contributed by atoms with Crippen LogP contribution in [-0.4, -0.2) is 58.8 Å². The number of hydrogen-bond donors (Lipinski definition) is 3. The van der Waals surface area contributed by atoms with Gasteiger partial charge in [-0.1, -0.05) is 0 Å². The Morgan fingerprint density at radius 2 is 1.83 bits per heavy atom. The average Bonchev–Trinajstić information content (AvgIpc) is 3.30. The van der Waals surface area contributed by atoms with Crippen molar-refractivity contribution in [1.29, 1.82) is 0 Å². The van der Waals surface area contributed by atoms with Crippen LogP contribution in [0.1, 0.15) is 20.2 Å².